The van der Waals surface area contributed by atoms with Crippen molar-refractivity contribution in [2.24, 2.45) is 5.92 Å². The normalized spacial score (nSPS) is 27.9. The van der Waals surface area contributed by atoms with Crippen LogP contribution in [0.1, 0.15) is 25.7 Å². The first-order chi connectivity index (χ1) is 8.24. The Hall–Kier alpha value is -0.650. The lowest BCUT2D eigenvalue weighted by molar-refractivity contribution is -0.126. The molecule has 5 heteroatoms. The molecule has 0 aliphatic carbocycles. The number of carbonyl (C=O) groups is 1. The van der Waals surface area contributed by atoms with Crippen LogP contribution in [0.25, 0.3) is 0 Å². The molecule has 0 aromatic carbocycles. The molecule has 5 nitrogen and oxygen atoms in total. The predicted octanol–water partition coefficient (Wildman–Crippen LogP) is -0.356. The Morgan fingerprint density at radius 3 is 2.82 bits per heavy atom. The molecule has 1 atom stereocenters. The summed E-state index contributed by atoms with van der Waals surface area (Å²) in [5.74, 6) is 0.514. The van der Waals surface area contributed by atoms with Crippen LogP contribution < -0.4 is 10.6 Å². The number of ether oxygens (including phenoxy) is 1. The van der Waals surface area contributed by atoms with Gasteiger partial charge in [0.2, 0.25) is 5.91 Å². The fourth-order valence-electron chi connectivity index (χ4n) is 2.58. The molecular formula is C12H22N2O3. The average molecular weight is 242 g/mol. The summed E-state index contributed by atoms with van der Waals surface area (Å²) in [4.78, 5) is 11.9. The monoisotopic (exact) mass is 242 g/mol. The van der Waals surface area contributed by atoms with Crippen molar-refractivity contribution in [1.29, 1.82) is 0 Å². The van der Waals surface area contributed by atoms with Crippen LogP contribution in [0.15, 0.2) is 0 Å². The smallest absolute Gasteiger partial charge is 0.220 e. The number of hydrogen-bond acceptors (Lipinski definition) is 4. The fraction of sp³-hybridized carbons (Fsp3) is 0.917. The highest BCUT2D eigenvalue weighted by Gasteiger charge is 2.34. The molecule has 0 spiro atoms. The quantitative estimate of drug-likeness (QED) is 0.630. The molecule has 2 aliphatic rings. The largest absolute Gasteiger partial charge is 0.394 e. The van der Waals surface area contributed by atoms with Crippen molar-refractivity contribution in [1.82, 2.24) is 10.6 Å². The van der Waals surface area contributed by atoms with E-state index in [1.807, 2.05) is 0 Å². The van der Waals surface area contributed by atoms with Crippen molar-refractivity contribution in [3.8, 4) is 0 Å². The van der Waals surface area contributed by atoms with E-state index in [9.17, 15) is 9.90 Å². The van der Waals surface area contributed by atoms with E-state index in [-0.39, 0.29) is 12.5 Å². The van der Waals surface area contributed by atoms with Crippen LogP contribution in [0, 0.1) is 5.92 Å². The van der Waals surface area contributed by atoms with Gasteiger partial charge >= 0.3 is 0 Å². The van der Waals surface area contributed by atoms with Crippen molar-refractivity contribution >= 4 is 5.91 Å². The van der Waals surface area contributed by atoms with Crippen molar-refractivity contribution in [3.63, 3.8) is 0 Å². The van der Waals surface area contributed by atoms with E-state index in [0.717, 1.165) is 19.5 Å². The number of aliphatic hydroxyl groups excluding tert-OH is 1. The predicted molar refractivity (Wildman–Crippen MR) is 63.6 cm³/mol. The Morgan fingerprint density at radius 1 is 1.47 bits per heavy atom. The maximum atomic E-state index is 11.9. The minimum atomic E-state index is -0.443. The molecule has 17 heavy (non-hydrogen) atoms. The molecule has 0 aromatic heterocycles. The zero-order valence-corrected chi connectivity index (χ0v) is 10.2. The van der Waals surface area contributed by atoms with Crippen LogP contribution in [-0.2, 0) is 9.53 Å². The maximum Gasteiger partial charge on any atom is 0.220 e. The highest BCUT2D eigenvalue weighted by molar-refractivity contribution is 5.77. The number of hydrogen-bond donors (Lipinski definition) is 3. The first-order valence-corrected chi connectivity index (χ1v) is 6.44. The highest BCUT2D eigenvalue weighted by atomic mass is 16.5. The van der Waals surface area contributed by atoms with E-state index >= 15 is 0 Å². The van der Waals surface area contributed by atoms with E-state index in [2.05, 4.69) is 10.6 Å². The topological polar surface area (TPSA) is 70.6 Å². The van der Waals surface area contributed by atoms with E-state index < -0.39 is 5.54 Å². The van der Waals surface area contributed by atoms with Crippen LogP contribution in [0.5, 0.6) is 0 Å². The molecule has 1 unspecified atom stereocenters. The first kappa shape index (κ1) is 12.8. The number of nitrogens with one attached hydrogen (secondary N) is 2. The fourth-order valence-corrected chi connectivity index (χ4v) is 2.58. The van der Waals surface area contributed by atoms with Crippen LogP contribution in [-0.4, -0.2) is 49.5 Å². The second kappa shape index (κ2) is 5.80. The van der Waals surface area contributed by atoms with Gasteiger partial charge in [-0.2, -0.15) is 0 Å². The Balaban J connectivity index is 1.82. The first-order valence-electron chi connectivity index (χ1n) is 6.44. The molecule has 2 fully saturated rings. The molecule has 2 rings (SSSR count). The molecule has 1 amide bonds. The lowest BCUT2D eigenvalue weighted by Crippen LogP contribution is -2.54. The average Bonchev–Trinajstić information content (AvgIpc) is 2.83. The van der Waals surface area contributed by atoms with Crippen molar-refractivity contribution in [2.75, 3.05) is 32.9 Å². The van der Waals surface area contributed by atoms with Crippen LogP contribution in [0.4, 0.5) is 0 Å². The van der Waals surface area contributed by atoms with Crippen molar-refractivity contribution in [2.45, 2.75) is 31.2 Å². The molecular weight excluding hydrogens is 220 g/mol. The van der Waals surface area contributed by atoms with Gasteiger partial charge < -0.3 is 20.5 Å². The molecule has 3 N–H and O–H groups in total. The van der Waals surface area contributed by atoms with Crippen LogP contribution in [0.3, 0.4) is 0 Å². The number of aliphatic hydroxyl groups is 1. The lowest BCUT2D eigenvalue weighted by atomic mass is 9.90. The summed E-state index contributed by atoms with van der Waals surface area (Å²) >= 11 is 0. The van der Waals surface area contributed by atoms with E-state index in [4.69, 9.17) is 4.74 Å². The summed E-state index contributed by atoms with van der Waals surface area (Å²) in [7, 11) is 0. The minimum absolute atomic E-state index is 0.00498. The summed E-state index contributed by atoms with van der Waals surface area (Å²) in [6.07, 6.45) is 3.05. The Bertz CT molecular complexity index is 258. The van der Waals surface area contributed by atoms with Gasteiger partial charge in [0.05, 0.1) is 12.1 Å². The second-order valence-corrected chi connectivity index (χ2v) is 5.16. The number of carbonyl (C=O) groups excluding carboxylic acids is 1. The van der Waals surface area contributed by atoms with E-state index in [0.29, 0.717) is 38.4 Å². The van der Waals surface area contributed by atoms with Crippen LogP contribution in [0.2, 0.25) is 0 Å². The Kier molecular flexibility index (Phi) is 4.36. The van der Waals surface area contributed by atoms with Gasteiger partial charge in [-0.05, 0) is 38.3 Å². The third-order valence-electron chi connectivity index (χ3n) is 3.79. The van der Waals surface area contributed by atoms with Gasteiger partial charge in [0.1, 0.15) is 0 Å². The van der Waals surface area contributed by atoms with Gasteiger partial charge in [0.15, 0.2) is 0 Å². The molecule has 2 aliphatic heterocycles. The number of rotatable bonds is 4. The standard InChI is InChI=1S/C12H22N2O3/c15-9-12(2-5-17-6-3-12)14-11(16)7-10-1-4-13-8-10/h10,13,15H,1-9H2,(H,14,16). The van der Waals surface area contributed by atoms with Crippen LogP contribution >= 0.6 is 0 Å². The Labute approximate surface area is 102 Å². The lowest BCUT2D eigenvalue weighted by Gasteiger charge is -2.36. The molecule has 0 radical (unpaired) electrons. The van der Waals surface area contributed by atoms with Gasteiger partial charge in [-0.15, -0.1) is 0 Å². The molecule has 0 bridgehead atoms. The van der Waals surface area contributed by atoms with Gasteiger partial charge in [0.25, 0.3) is 0 Å². The van der Waals surface area contributed by atoms with Gasteiger partial charge in [-0.1, -0.05) is 0 Å². The van der Waals surface area contributed by atoms with Crippen molar-refractivity contribution < 1.29 is 14.6 Å². The van der Waals surface area contributed by atoms with Gasteiger partial charge in [-0.25, -0.2) is 0 Å². The number of amides is 1. The molecule has 98 valence electrons. The van der Waals surface area contributed by atoms with E-state index in [1.54, 1.807) is 0 Å². The third-order valence-corrected chi connectivity index (χ3v) is 3.79. The van der Waals surface area contributed by atoms with Gasteiger partial charge in [-0.3, -0.25) is 4.79 Å². The maximum absolute atomic E-state index is 11.9. The third kappa shape index (κ3) is 3.40. The summed E-state index contributed by atoms with van der Waals surface area (Å²) in [6.45, 7) is 3.18. The zero-order chi connectivity index (χ0) is 12.1. The molecule has 0 aromatic rings. The zero-order valence-electron chi connectivity index (χ0n) is 10.2. The second-order valence-electron chi connectivity index (χ2n) is 5.16. The summed E-state index contributed by atoms with van der Waals surface area (Å²) < 4.78 is 5.27. The molecule has 0 saturated carbocycles. The summed E-state index contributed by atoms with van der Waals surface area (Å²) in [5, 5.41) is 15.7. The summed E-state index contributed by atoms with van der Waals surface area (Å²) in [6, 6.07) is 0. The van der Waals surface area contributed by atoms with Gasteiger partial charge in [0, 0.05) is 19.6 Å². The summed E-state index contributed by atoms with van der Waals surface area (Å²) in [5.41, 5.74) is -0.443. The Morgan fingerprint density at radius 2 is 2.24 bits per heavy atom. The molecule has 2 saturated heterocycles. The van der Waals surface area contributed by atoms with Crippen molar-refractivity contribution in [3.05, 3.63) is 0 Å². The minimum Gasteiger partial charge on any atom is -0.394 e. The molecule has 2 heterocycles. The highest BCUT2D eigenvalue weighted by Crippen LogP contribution is 2.21. The van der Waals surface area contributed by atoms with E-state index in [1.165, 1.54) is 0 Å². The SMILES string of the molecule is O=C(CC1CCNC1)NC1(CO)CCOCC1.